The molecular formula is C30H33N3O3. The molecule has 2 amide bonds. The van der Waals surface area contributed by atoms with Gasteiger partial charge in [-0.15, -0.1) is 0 Å². The Morgan fingerprint density at radius 1 is 0.806 bits per heavy atom. The molecule has 0 saturated carbocycles. The van der Waals surface area contributed by atoms with Gasteiger partial charge < -0.3 is 19.9 Å². The van der Waals surface area contributed by atoms with Crippen LogP contribution in [0.3, 0.4) is 0 Å². The summed E-state index contributed by atoms with van der Waals surface area (Å²) in [5, 5.41) is 3.02. The molecule has 1 spiro atoms. The second-order valence-corrected chi connectivity index (χ2v) is 9.61. The van der Waals surface area contributed by atoms with Crippen molar-refractivity contribution in [3.63, 3.8) is 0 Å². The van der Waals surface area contributed by atoms with Crippen molar-refractivity contribution in [3.05, 3.63) is 102 Å². The van der Waals surface area contributed by atoms with Crippen LogP contribution in [0.2, 0.25) is 0 Å². The maximum absolute atomic E-state index is 13.8. The summed E-state index contributed by atoms with van der Waals surface area (Å²) in [7, 11) is 0. The highest BCUT2D eigenvalue weighted by Gasteiger charge is 2.53. The molecule has 2 fully saturated rings. The highest BCUT2D eigenvalue weighted by molar-refractivity contribution is 6.00. The molecule has 0 bridgehead atoms. The number of nitrogens with zero attached hydrogens (tertiary/aromatic N) is 2. The number of anilines is 1. The lowest BCUT2D eigenvalue weighted by Gasteiger charge is -2.52. The summed E-state index contributed by atoms with van der Waals surface area (Å²) in [6.07, 6.45) is 1.92. The molecule has 2 saturated heterocycles. The third-order valence-electron chi connectivity index (χ3n) is 7.38. The number of para-hydroxylation sites is 1. The van der Waals surface area contributed by atoms with Gasteiger partial charge in [0.1, 0.15) is 11.6 Å². The second kappa shape index (κ2) is 11.0. The summed E-state index contributed by atoms with van der Waals surface area (Å²) < 4.78 is 5.87. The Morgan fingerprint density at radius 2 is 1.39 bits per heavy atom. The molecule has 1 atom stereocenters. The fourth-order valence-corrected chi connectivity index (χ4v) is 5.34. The van der Waals surface area contributed by atoms with Crippen molar-refractivity contribution in [2.75, 3.05) is 31.1 Å². The third-order valence-corrected chi connectivity index (χ3v) is 7.38. The summed E-state index contributed by atoms with van der Waals surface area (Å²) in [6, 6.07) is 29.6. The zero-order valence-electron chi connectivity index (χ0n) is 20.5. The molecule has 1 N–H and O–H groups in total. The molecule has 6 nitrogen and oxygen atoms in total. The summed E-state index contributed by atoms with van der Waals surface area (Å²) in [4.78, 5) is 31.6. The molecule has 186 valence electrons. The molecule has 6 heteroatoms. The van der Waals surface area contributed by atoms with E-state index in [0.29, 0.717) is 32.4 Å². The number of carbonyl (C=O) groups is 2. The fourth-order valence-electron chi connectivity index (χ4n) is 5.34. The monoisotopic (exact) mass is 483 g/mol. The largest absolute Gasteiger partial charge is 0.374 e. The number of hydrogen-bond donors (Lipinski definition) is 1. The highest BCUT2D eigenvalue weighted by Crippen LogP contribution is 2.35. The van der Waals surface area contributed by atoms with E-state index in [9.17, 15) is 9.59 Å². The van der Waals surface area contributed by atoms with Crippen molar-refractivity contribution in [2.24, 2.45) is 0 Å². The SMILES string of the molecule is O=C1C(COCc2ccccc2)NC(=O)C2(CCN(c3ccccc3)CC2)N1CCc1ccccc1. The summed E-state index contributed by atoms with van der Waals surface area (Å²) in [5.41, 5.74) is 2.52. The van der Waals surface area contributed by atoms with E-state index >= 15 is 0 Å². The van der Waals surface area contributed by atoms with Gasteiger partial charge in [0.05, 0.1) is 13.2 Å². The summed E-state index contributed by atoms with van der Waals surface area (Å²) >= 11 is 0. The second-order valence-electron chi connectivity index (χ2n) is 9.61. The lowest BCUT2D eigenvalue weighted by molar-refractivity contribution is -0.161. The van der Waals surface area contributed by atoms with Crippen molar-refractivity contribution in [1.82, 2.24) is 10.2 Å². The third kappa shape index (κ3) is 5.14. The van der Waals surface area contributed by atoms with E-state index in [0.717, 1.165) is 29.9 Å². The topological polar surface area (TPSA) is 61.9 Å². The Hall–Kier alpha value is -3.64. The van der Waals surface area contributed by atoms with Gasteiger partial charge in [-0.05, 0) is 42.5 Å². The number of nitrogens with one attached hydrogen (secondary N) is 1. The molecule has 5 rings (SSSR count). The van der Waals surface area contributed by atoms with Crippen LogP contribution in [-0.2, 0) is 27.4 Å². The Kier molecular flexibility index (Phi) is 7.33. The van der Waals surface area contributed by atoms with Crippen LogP contribution < -0.4 is 10.2 Å². The van der Waals surface area contributed by atoms with Crippen molar-refractivity contribution >= 4 is 17.5 Å². The molecule has 3 aromatic carbocycles. The Morgan fingerprint density at radius 3 is 2.03 bits per heavy atom. The number of benzene rings is 3. The highest BCUT2D eigenvalue weighted by atomic mass is 16.5. The zero-order valence-corrected chi connectivity index (χ0v) is 20.5. The first-order valence-electron chi connectivity index (χ1n) is 12.7. The average molecular weight is 484 g/mol. The van der Waals surface area contributed by atoms with E-state index in [2.05, 4.69) is 34.5 Å². The molecule has 3 aromatic rings. The van der Waals surface area contributed by atoms with E-state index in [4.69, 9.17) is 4.74 Å². The first-order valence-corrected chi connectivity index (χ1v) is 12.7. The number of piperidine rings is 1. The number of carbonyl (C=O) groups excluding carboxylic acids is 2. The maximum Gasteiger partial charge on any atom is 0.248 e. The predicted octanol–water partition coefficient (Wildman–Crippen LogP) is 3.81. The first-order chi connectivity index (χ1) is 17.7. The van der Waals surface area contributed by atoms with Gasteiger partial charge in [-0.2, -0.15) is 0 Å². The average Bonchev–Trinajstić information content (AvgIpc) is 2.93. The number of piperazine rings is 1. The Labute approximate surface area is 212 Å². The molecule has 0 aliphatic carbocycles. The smallest absolute Gasteiger partial charge is 0.248 e. The standard InChI is InChI=1S/C30H33N3O3/c34-28-27(23-36-22-25-12-6-2-7-13-25)31-29(35)30(33(28)19-16-24-10-4-1-5-11-24)17-20-32(21-18-30)26-14-8-3-9-15-26/h1-15,27H,16-23H2,(H,31,35). The van der Waals surface area contributed by atoms with Gasteiger partial charge in [-0.3, -0.25) is 9.59 Å². The minimum atomic E-state index is -0.826. The lowest BCUT2D eigenvalue weighted by atomic mass is 9.81. The van der Waals surface area contributed by atoms with Crippen LogP contribution >= 0.6 is 0 Å². The van der Waals surface area contributed by atoms with Gasteiger partial charge in [0, 0.05) is 25.3 Å². The van der Waals surface area contributed by atoms with Gasteiger partial charge in [-0.25, -0.2) is 0 Å². The van der Waals surface area contributed by atoms with E-state index in [1.54, 1.807) is 0 Å². The summed E-state index contributed by atoms with van der Waals surface area (Å²) in [5.74, 6) is -0.108. The number of hydrogen-bond acceptors (Lipinski definition) is 4. The molecule has 2 aliphatic rings. The van der Waals surface area contributed by atoms with E-state index in [-0.39, 0.29) is 18.4 Å². The van der Waals surface area contributed by atoms with E-state index < -0.39 is 11.6 Å². The fraction of sp³-hybridized carbons (Fsp3) is 0.333. The van der Waals surface area contributed by atoms with Crippen LogP contribution in [0.15, 0.2) is 91.0 Å². The first kappa shape index (κ1) is 24.1. The number of ether oxygens (including phenoxy) is 1. The van der Waals surface area contributed by atoms with Crippen molar-refractivity contribution in [2.45, 2.75) is 37.5 Å². The van der Waals surface area contributed by atoms with Gasteiger partial charge in [0.15, 0.2) is 0 Å². The molecule has 0 aromatic heterocycles. The van der Waals surface area contributed by atoms with Crippen molar-refractivity contribution < 1.29 is 14.3 Å². The van der Waals surface area contributed by atoms with Crippen LogP contribution in [0.25, 0.3) is 0 Å². The van der Waals surface area contributed by atoms with Crippen LogP contribution in [0, 0.1) is 0 Å². The Bertz CT molecular complexity index is 1150. The quantitative estimate of drug-likeness (QED) is 0.529. The molecule has 0 radical (unpaired) electrons. The molecular weight excluding hydrogens is 450 g/mol. The normalized spacial score (nSPS) is 19.4. The summed E-state index contributed by atoms with van der Waals surface area (Å²) in [6.45, 7) is 2.52. The zero-order chi connectivity index (χ0) is 24.8. The molecule has 1 unspecified atom stereocenters. The van der Waals surface area contributed by atoms with Crippen LogP contribution in [0.1, 0.15) is 24.0 Å². The number of amides is 2. The minimum absolute atomic E-state index is 0.0493. The minimum Gasteiger partial charge on any atom is -0.374 e. The Balaban J connectivity index is 1.31. The molecule has 36 heavy (non-hydrogen) atoms. The van der Waals surface area contributed by atoms with Crippen molar-refractivity contribution in [1.29, 1.82) is 0 Å². The molecule has 2 aliphatic heterocycles. The van der Waals surface area contributed by atoms with Crippen molar-refractivity contribution in [3.8, 4) is 0 Å². The van der Waals surface area contributed by atoms with Gasteiger partial charge >= 0.3 is 0 Å². The van der Waals surface area contributed by atoms with Crippen LogP contribution in [-0.4, -0.2) is 54.5 Å². The van der Waals surface area contributed by atoms with Gasteiger partial charge in [-0.1, -0.05) is 78.9 Å². The van der Waals surface area contributed by atoms with Gasteiger partial charge in [0.2, 0.25) is 11.8 Å². The van der Waals surface area contributed by atoms with Crippen LogP contribution in [0.5, 0.6) is 0 Å². The predicted molar refractivity (Wildman–Crippen MR) is 141 cm³/mol. The van der Waals surface area contributed by atoms with E-state index in [1.165, 1.54) is 0 Å². The maximum atomic E-state index is 13.8. The van der Waals surface area contributed by atoms with E-state index in [1.807, 2.05) is 71.6 Å². The molecule has 2 heterocycles. The lowest BCUT2D eigenvalue weighted by Crippen LogP contribution is -2.73. The number of rotatable bonds is 8. The van der Waals surface area contributed by atoms with Gasteiger partial charge in [0.25, 0.3) is 0 Å². The van der Waals surface area contributed by atoms with Crippen LogP contribution in [0.4, 0.5) is 5.69 Å².